The molecule has 0 aromatic heterocycles. The topological polar surface area (TPSA) is 75.7 Å². The van der Waals surface area contributed by atoms with Crippen molar-refractivity contribution in [1.82, 2.24) is 0 Å². The summed E-state index contributed by atoms with van der Waals surface area (Å²) in [6.07, 6.45) is 0. The van der Waals surface area contributed by atoms with E-state index in [2.05, 4.69) is 5.32 Å². The van der Waals surface area contributed by atoms with Crippen molar-refractivity contribution in [2.75, 3.05) is 10.2 Å². The van der Waals surface area contributed by atoms with Crippen molar-refractivity contribution in [3.05, 3.63) is 98.1 Å². The number of nitrogens with one attached hydrogen (secondary N) is 1. The second-order valence-electron chi connectivity index (χ2n) is 7.57. The number of anilines is 2. The molecular formula is C25H17Cl3N2O4. The third-order valence-electron chi connectivity index (χ3n) is 5.26. The molecule has 0 aliphatic carbocycles. The molecule has 9 heteroatoms. The van der Waals surface area contributed by atoms with Gasteiger partial charge in [-0.3, -0.25) is 9.59 Å². The van der Waals surface area contributed by atoms with Crippen LogP contribution in [0.1, 0.15) is 21.5 Å². The Labute approximate surface area is 210 Å². The Balaban J connectivity index is 1.50. The van der Waals surface area contributed by atoms with Gasteiger partial charge in [-0.2, -0.15) is 0 Å². The molecule has 6 nitrogen and oxygen atoms in total. The van der Waals surface area contributed by atoms with Gasteiger partial charge in [-0.05, 0) is 79.6 Å². The summed E-state index contributed by atoms with van der Waals surface area (Å²) < 4.78 is 5.42. The maximum absolute atomic E-state index is 12.9. The number of hydrogen-bond donors (Lipinski definition) is 1. The summed E-state index contributed by atoms with van der Waals surface area (Å²) in [5.74, 6) is -1.49. The standard InChI is InChI=1S/C25H17Cl3N2O4/c1-13-3-9-18(11-14(13)2)34-25(33)15-4-7-17(8-5-15)29-22-21(28)23(31)30(24(22)32)20-12-16(26)6-10-19(20)27/h3-12,29H,1-2H3. The fourth-order valence-electron chi connectivity index (χ4n) is 3.26. The minimum absolute atomic E-state index is 0.117. The molecule has 34 heavy (non-hydrogen) atoms. The van der Waals surface area contributed by atoms with E-state index >= 15 is 0 Å². The van der Waals surface area contributed by atoms with E-state index in [0.29, 0.717) is 22.0 Å². The minimum atomic E-state index is -0.730. The number of rotatable bonds is 5. The Hall–Kier alpha value is -3.32. The molecule has 3 aromatic carbocycles. The lowest BCUT2D eigenvalue weighted by atomic mass is 10.1. The molecule has 0 saturated carbocycles. The molecule has 172 valence electrons. The lowest BCUT2D eigenvalue weighted by Gasteiger charge is -2.17. The van der Waals surface area contributed by atoms with E-state index in [0.717, 1.165) is 16.0 Å². The summed E-state index contributed by atoms with van der Waals surface area (Å²) in [5.41, 5.74) is 2.87. The van der Waals surface area contributed by atoms with E-state index in [4.69, 9.17) is 39.5 Å². The number of benzene rings is 3. The molecule has 3 aromatic rings. The Morgan fingerprint density at radius 2 is 1.56 bits per heavy atom. The van der Waals surface area contributed by atoms with Crippen LogP contribution in [-0.2, 0) is 9.59 Å². The predicted molar refractivity (Wildman–Crippen MR) is 133 cm³/mol. The Morgan fingerprint density at radius 1 is 0.853 bits per heavy atom. The van der Waals surface area contributed by atoms with Crippen molar-refractivity contribution in [3.8, 4) is 5.75 Å². The van der Waals surface area contributed by atoms with E-state index in [1.807, 2.05) is 19.9 Å². The smallest absolute Gasteiger partial charge is 0.343 e. The van der Waals surface area contributed by atoms with Gasteiger partial charge in [0.05, 0.1) is 16.3 Å². The molecule has 0 bridgehead atoms. The van der Waals surface area contributed by atoms with Gasteiger partial charge in [0.25, 0.3) is 11.8 Å². The van der Waals surface area contributed by atoms with Crippen LogP contribution in [0.25, 0.3) is 0 Å². The Bertz CT molecular complexity index is 1370. The van der Waals surface area contributed by atoms with Gasteiger partial charge in [0.15, 0.2) is 0 Å². The van der Waals surface area contributed by atoms with E-state index < -0.39 is 17.8 Å². The van der Waals surface area contributed by atoms with Crippen LogP contribution in [0.4, 0.5) is 11.4 Å². The zero-order chi connectivity index (χ0) is 24.6. The molecule has 1 aliphatic rings. The van der Waals surface area contributed by atoms with Gasteiger partial charge >= 0.3 is 5.97 Å². The molecule has 1 aliphatic heterocycles. The number of ether oxygens (including phenoxy) is 1. The normalized spacial score (nSPS) is 13.5. The molecule has 1 N–H and O–H groups in total. The first-order valence-corrected chi connectivity index (χ1v) is 11.2. The van der Waals surface area contributed by atoms with Crippen molar-refractivity contribution in [1.29, 1.82) is 0 Å². The van der Waals surface area contributed by atoms with Crippen molar-refractivity contribution in [2.45, 2.75) is 13.8 Å². The van der Waals surface area contributed by atoms with E-state index in [1.54, 1.807) is 30.3 Å². The van der Waals surface area contributed by atoms with E-state index in [9.17, 15) is 14.4 Å². The summed E-state index contributed by atoms with van der Waals surface area (Å²) in [4.78, 5) is 38.9. The zero-order valence-electron chi connectivity index (χ0n) is 18.0. The fraction of sp³-hybridized carbons (Fsp3) is 0.0800. The molecule has 4 rings (SSSR count). The predicted octanol–water partition coefficient (Wildman–Crippen LogP) is 6.27. The molecule has 1 heterocycles. The van der Waals surface area contributed by atoms with Crippen LogP contribution in [-0.4, -0.2) is 17.8 Å². The summed E-state index contributed by atoms with van der Waals surface area (Å²) >= 11 is 18.3. The lowest BCUT2D eigenvalue weighted by molar-refractivity contribution is -0.120. The second kappa shape index (κ2) is 9.50. The first kappa shape index (κ1) is 23.8. The lowest BCUT2D eigenvalue weighted by Crippen LogP contribution is -2.32. The molecule has 0 unspecified atom stereocenters. The van der Waals surface area contributed by atoms with E-state index in [1.165, 1.54) is 24.3 Å². The quantitative estimate of drug-likeness (QED) is 0.246. The van der Waals surface area contributed by atoms with Crippen LogP contribution in [0, 0.1) is 13.8 Å². The average Bonchev–Trinajstić information content (AvgIpc) is 3.01. The number of imide groups is 1. The van der Waals surface area contributed by atoms with Gasteiger partial charge in [-0.15, -0.1) is 0 Å². The monoisotopic (exact) mass is 514 g/mol. The highest BCUT2D eigenvalue weighted by Crippen LogP contribution is 2.35. The SMILES string of the molecule is Cc1ccc(OC(=O)c2ccc(NC3=C(Cl)C(=O)N(c4cc(Cl)ccc4Cl)C3=O)cc2)cc1C. The highest BCUT2D eigenvalue weighted by atomic mass is 35.5. The molecule has 0 saturated heterocycles. The van der Waals surface area contributed by atoms with Crippen molar-refractivity contribution in [3.63, 3.8) is 0 Å². The summed E-state index contributed by atoms with van der Waals surface area (Å²) in [7, 11) is 0. The average molecular weight is 516 g/mol. The Morgan fingerprint density at radius 3 is 2.24 bits per heavy atom. The first-order chi connectivity index (χ1) is 16.2. The highest BCUT2D eigenvalue weighted by Gasteiger charge is 2.40. The first-order valence-electron chi connectivity index (χ1n) is 10.1. The number of aryl methyl sites for hydroxylation is 2. The number of esters is 1. The largest absolute Gasteiger partial charge is 0.423 e. The maximum atomic E-state index is 12.9. The molecule has 0 radical (unpaired) electrons. The number of carbonyl (C=O) groups is 3. The van der Waals surface area contributed by atoms with Gasteiger partial charge in [0, 0.05) is 10.7 Å². The van der Waals surface area contributed by atoms with Gasteiger partial charge in [0.2, 0.25) is 0 Å². The summed E-state index contributed by atoms with van der Waals surface area (Å²) in [6, 6.07) is 16.0. The number of halogens is 3. The molecule has 0 spiro atoms. The van der Waals surface area contributed by atoms with Crippen molar-refractivity contribution in [2.24, 2.45) is 0 Å². The second-order valence-corrected chi connectivity index (χ2v) is 8.79. The molecule has 0 fully saturated rings. The molecule has 0 atom stereocenters. The van der Waals surface area contributed by atoms with Crippen LogP contribution in [0.3, 0.4) is 0 Å². The van der Waals surface area contributed by atoms with Crippen LogP contribution in [0.5, 0.6) is 5.75 Å². The third kappa shape index (κ3) is 4.66. The number of amides is 2. The minimum Gasteiger partial charge on any atom is -0.423 e. The van der Waals surface area contributed by atoms with Crippen molar-refractivity contribution < 1.29 is 19.1 Å². The number of hydrogen-bond acceptors (Lipinski definition) is 5. The Kier molecular flexibility index (Phi) is 6.66. The third-order valence-corrected chi connectivity index (χ3v) is 6.16. The zero-order valence-corrected chi connectivity index (χ0v) is 20.3. The fourth-order valence-corrected chi connectivity index (χ4v) is 3.85. The highest BCUT2D eigenvalue weighted by molar-refractivity contribution is 6.54. The van der Waals surface area contributed by atoms with Gasteiger partial charge in [-0.1, -0.05) is 40.9 Å². The van der Waals surface area contributed by atoms with Gasteiger partial charge in [0.1, 0.15) is 16.5 Å². The van der Waals surface area contributed by atoms with E-state index in [-0.39, 0.29) is 21.4 Å². The number of nitrogens with zero attached hydrogens (tertiary/aromatic N) is 1. The van der Waals surface area contributed by atoms with Crippen LogP contribution in [0.2, 0.25) is 10.0 Å². The van der Waals surface area contributed by atoms with Crippen molar-refractivity contribution >= 4 is 64.0 Å². The van der Waals surface area contributed by atoms with Crippen LogP contribution >= 0.6 is 34.8 Å². The number of carbonyl (C=O) groups excluding carboxylic acids is 3. The molecular weight excluding hydrogens is 499 g/mol. The van der Waals surface area contributed by atoms with Gasteiger partial charge in [-0.25, -0.2) is 9.69 Å². The van der Waals surface area contributed by atoms with Crippen LogP contribution < -0.4 is 15.0 Å². The molecule has 2 amide bonds. The van der Waals surface area contributed by atoms with Gasteiger partial charge < -0.3 is 10.1 Å². The van der Waals surface area contributed by atoms with Crippen LogP contribution in [0.15, 0.2) is 71.4 Å². The summed E-state index contributed by atoms with van der Waals surface area (Å²) in [5, 5.41) is 3.03. The maximum Gasteiger partial charge on any atom is 0.343 e. The summed E-state index contributed by atoms with van der Waals surface area (Å²) in [6.45, 7) is 3.91.